The number of carbonyl (C=O) groups is 1. The molecule has 0 radical (unpaired) electrons. The van der Waals surface area contributed by atoms with E-state index in [0.717, 1.165) is 37.8 Å². The molecule has 1 aromatic carbocycles. The molecule has 116 valence electrons. The number of nitrogens with zero attached hydrogens (tertiary/aromatic N) is 1. The van der Waals surface area contributed by atoms with Crippen molar-refractivity contribution in [2.24, 2.45) is 5.41 Å². The number of nitrogens with two attached hydrogens (primary N) is 1. The number of nitrogen functional groups attached to an aromatic ring is 1. The van der Waals surface area contributed by atoms with Gasteiger partial charge < -0.3 is 10.6 Å². The van der Waals surface area contributed by atoms with Crippen molar-refractivity contribution in [3.8, 4) is 0 Å². The van der Waals surface area contributed by atoms with Crippen LogP contribution in [-0.2, 0) is 0 Å². The van der Waals surface area contributed by atoms with Crippen LogP contribution in [0.25, 0.3) is 0 Å². The van der Waals surface area contributed by atoms with Crippen molar-refractivity contribution in [3.05, 3.63) is 29.3 Å². The van der Waals surface area contributed by atoms with Gasteiger partial charge in [0.2, 0.25) is 0 Å². The summed E-state index contributed by atoms with van der Waals surface area (Å²) in [5, 5.41) is 0. The number of rotatable bonds is 2. The van der Waals surface area contributed by atoms with Gasteiger partial charge in [-0.1, -0.05) is 13.8 Å². The SMILES string of the molecule is CN(C(=O)c1c(F)ccc(N)c1F)C1CCC(C)(C)CC1. The second kappa shape index (κ2) is 5.62. The van der Waals surface area contributed by atoms with Gasteiger partial charge in [-0.05, 0) is 43.2 Å². The third-order valence-corrected chi connectivity index (χ3v) is 4.51. The van der Waals surface area contributed by atoms with Gasteiger partial charge in [-0.15, -0.1) is 0 Å². The highest BCUT2D eigenvalue weighted by atomic mass is 19.1. The van der Waals surface area contributed by atoms with Gasteiger partial charge >= 0.3 is 0 Å². The van der Waals surface area contributed by atoms with Gasteiger partial charge in [-0.3, -0.25) is 4.79 Å². The molecule has 0 aromatic heterocycles. The summed E-state index contributed by atoms with van der Waals surface area (Å²) in [5.74, 6) is -2.47. The Balaban J connectivity index is 2.19. The maximum Gasteiger partial charge on any atom is 0.259 e. The van der Waals surface area contributed by atoms with Crippen molar-refractivity contribution in [1.29, 1.82) is 0 Å². The fraction of sp³-hybridized carbons (Fsp3) is 0.562. The van der Waals surface area contributed by atoms with Crippen LogP contribution in [0.1, 0.15) is 49.9 Å². The summed E-state index contributed by atoms with van der Waals surface area (Å²) in [5.41, 5.74) is 4.94. The molecule has 1 amide bonds. The molecule has 5 heteroatoms. The van der Waals surface area contributed by atoms with E-state index in [4.69, 9.17) is 5.73 Å². The first-order valence-corrected chi connectivity index (χ1v) is 7.23. The lowest BCUT2D eigenvalue weighted by molar-refractivity contribution is 0.0626. The largest absolute Gasteiger partial charge is 0.396 e. The molecule has 21 heavy (non-hydrogen) atoms. The molecule has 0 aliphatic heterocycles. The normalized spacial score (nSPS) is 18.5. The Labute approximate surface area is 124 Å². The van der Waals surface area contributed by atoms with E-state index in [1.807, 2.05) is 0 Å². The van der Waals surface area contributed by atoms with E-state index in [1.165, 1.54) is 4.90 Å². The van der Waals surface area contributed by atoms with Crippen LogP contribution >= 0.6 is 0 Å². The van der Waals surface area contributed by atoms with Crippen LogP contribution < -0.4 is 5.73 Å². The number of amides is 1. The zero-order chi connectivity index (χ0) is 15.8. The Hall–Kier alpha value is -1.65. The number of carbonyl (C=O) groups excluding carboxylic acids is 1. The Morgan fingerprint density at radius 1 is 1.29 bits per heavy atom. The standard InChI is InChI=1S/C16H22F2N2O/c1-16(2)8-6-10(7-9-16)20(3)15(21)13-11(17)4-5-12(19)14(13)18/h4-5,10H,6-9,19H2,1-3H3. The summed E-state index contributed by atoms with van der Waals surface area (Å²) in [4.78, 5) is 13.8. The van der Waals surface area contributed by atoms with Gasteiger partial charge in [0.25, 0.3) is 5.91 Å². The Kier molecular flexibility index (Phi) is 4.21. The van der Waals surface area contributed by atoms with E-state index >= 15 is 0 Å². The van der Waals surface area contributed by atoms with Gasteiger partial charge in [-0.25, -0.2) is 8.78 Å². The molecule has 1 aliphatic rings. The quantitative estimate of drug-likeness (QED) is 0.848. The van der Waals surface area contributed by atoms with Gasteiger partial charge in [0.1, 0.15) is 11.4 Å². The zero-order valence-electron chi connectivity index (χ0n) is 12.7. The second-order valence-corrected chi connectivity index (χ2v) is 6.64. The fourth-order valence-corrected chi connectivity index (χ4v) is 2.88. The van der Waals surface area contributed by atoms with Crippen molar-refractivity contribution in [1.82, 2.24) is 4.90 Å². The van der Waals surface area contributed by atoms with E-state index < -0.39 is 23.1 Å². The molecule has 0 heterocycles. The molecule has 1 fully saturated rings. The Bertz CT molecular complexity index is 547. The average molecular weight is 296 g/mol. The minimum absolute atomic E-state index is 0.0192. The van der Waals surface area contributed by atoms with Crippen LogP contribution in [0.4, 0.5) is 14.5 Å². The lowest BCUT2D eigenvalue weighted by Crippen LogP contribution is -2.41. The number of hydrogen-bond donors (Lipinski definition) is 1. The topological polar surface area (TPSA) is 46.3 Å². The average Bonchev–Trinajstić information content (AvgIpc) is 2.42. The lowest BCUT2D eigenvalue weighted by Gasteiger charge is -2.38. The van der Waals surface area contributed by atoms with Gasteiger partial charge in [0.15, 0.2) is 5.82 Å². The fourth-order valence-electron chi connectivity index (χ4n) is 2.88. The van der Waals surface area contributed by atoms with Crippen LogP contribution in [0, 0.1) is 17.0 Å². The summed E-state index contributed by atoms with van der Waals surface area (Å²) in [6.07, 6.45) is 3.69. The van der Waals surface area contributed by atoms with E-state index in [1.54, 1.807) is 7.05 Å². The molecule has 2 N–H and O–H groups in total. The molecule has 0 saturated heterocycles. The van der Waals surface area contributed by atoms with Gasteiger partial charge in [0.05, 0.1) is 5.69 Å². The third kappa shape index (κ3) is 3.17. The minimum Gasteiger partial charge on any atom is -0.396 e. The van der Waals surface area contributed by atoms with Crippen LogP contribution in [0.5, 0.6) is 0 Å². The first kappa shape index (κ1) is 15.7. The van der Waals surface area contributed by atoms with Gasteiger partial charge in [0, 0.05) is 13.1 Å². The number of halogens is 2. The molecule has 0 atom stereocenters. The van der Waals surface area contributed by atoms with E-state index in [0.29, 0.717) is 0 Å². The molecule has 1 aromatic rings. The molecule has 0 bridgehead atoms. The van der Waals surface area contributed by atoms with Crippen LogP contribution in [0.3, 0.4) is 0 Å². The van der Waals surface area contributed by atoms with E-state index in [9.17, 15) is 13.6 Å². The summed E-state index contributed by atoms with van der Waals surface area (Å²) >= 11 is 0. The smallest absolute Gasteiger partial charge is 0.259 e. The highest BCUT2D eigenvalue weighted by molar-refractivity contribution is 5.95. The van der Waals surface area contributed by atoms with Crippen molar-refractivity contribution in [2.45, 2.75) is 45.6 Å². The number of hydrogen-bond acceptors (Lipinski definition) is 2. The molecular weight excluding hydrogens is 274 g/mol. The highest BCUT2D eigenvalue weighted by Crippen LogP contribution is 2.37. The number of anilines is 1. The van der Waals surface area contributed by atoms with Crippen LogP contribution in [0.15, 0.2) is 12.1 Å². The second-order valence-electron chi connectivity index (χ2n) is 6.64. The third-order valence-electron chi connectivity index (χ3n) is 4.51. The Morgan fingerprint density at radius 3 is 2.43 bits per heavy atom. The highest BCUT2D eigenvalue weighted by Gasteiger charge is 2.32. The Morgan fingerprint density at radius 2 is 1.86 bits per heavy atom. The van der Waals surface area contributed by atoms with Crippen LogP contribution in [-0.4, -0.2) is 23.9 Å². The lowest BCUT2D eigenvalue weighted by atomic mass is 9.75. The van der Waals surface area contributed by atoms with E-state index in [2.05, 4.69) is 13.8 Å². The summed E-state index contributed by atoms with van der Waals surface area (Å²) in [7, 11) is 1.60. The molecule has 3 nitrogen and oxygen atoms in total. The maximum absolute atomic E-state index is 14.0. The van der Waals surface area contributed by atoms with Crippen molar-refractivity contribution in [3.63, 3.8) is 0 Å². The van der Waals surface area contributed by atoms with Gasteiger partial charge in [-0.2, -0.15) is 0 Å². The van der Waals surface area contributed by atoms with Crippen molar-refractivity contribution in [2.75, 3.05) is 12.8 Å². The van der Waals surface area contributed by atoms with Crippen LogP contribution in [0.2, 0.25) is 0 Å². The van der Waals surface area contributed by atoms with Crippen molar-refractivity contribution >= 4 is 11.6 Å². The molecule has 1 aliphatic carbocycles. The molecular formula is C16H22F2N2O. The summed E-state index contributed by atoms with van der Waals surface area (Å²) < 4.78 is 27.7. The first-order chi connectivity index (χ1) is 9.73. The monoisotopic (exact) mass is 296 g/mol. The summed E-state index contributed by atoms with van der Waals surface area (Å²) in [6, 6.07) is 2.18. The van der Waals surface area contributed by atoms with Crippen molar-refractivity contribution < 1.29 is 13.6 Å². The first-order valence-electron chi connectivity index (χ1n) is 7.23. The maximum atomic E-state index is 14.0. The summed E-state index contributed by atoms with van der Waals surface area (Å²) in [6.45, 7) is 4.39. The zero-order valence-corrected chi connectivity index (χ0v) is 12.7. The predicted octanol–water partition coefficient (Wildman–Crippen LogP) is 3.59. The molecule has 0 unspecified atom stereocenters. The molecule has 1 saturated carbocycles. The molecule has 0 spiro atoms. The van der Waals surface area contributed by atoms with E-state index in [-0.39, 0.29) is 17.1 Å². The predicted molar refractivity (Wildman–Crippen MR) is 78.9 cm³/mol. The number of benzene rings is 1. The molecule has 2 rings (SSSR count). The minimum atomic E-state index is -0.969.